The summed E-state index contributed by atoms with van der Waals surface area (Å²) in [4.78, 5) is 16.4. The van der Waals surface area contributed by atoms with Crippen LogP contribution in [-0.4, -0.2) is 56.1 Å². The smallest absolute Gasteiger partial charge is 0.330 e. The van der Waals surface area contributed by atoms with E-state index >= 15 is 0 Å². The largest absolute Gasteiger partial charge is 0.370 e. The standard InChI is InChI=1S/C21H22ClF4N3O2/c22-16-4-2-6-18(12-16)28-7-9-29(10-8-28)20(30)27-17-5-1-3-15(11-17)13-31-14-21(25,26)19(23)24/h1-6,11-12,19H,7-10,13-14H2,(H,27,30). The Labute approximate surface area is 182 Å². The third-order valence-corrected chi connectivity index (χ3v) is 5.04. The van der Waals surface area contributed by atoms with E-state index in [0.717, 1.165) is 5.69 Å². The number of hydrogen-bond acceptors (Lipinski definition) is 3. The lowest BCUT2D eigenvalue weighted by Gasteiger charge is -2.36. The van der Waals surface area contributed by atoms with E-state index in [1.54, 1.807) is 35.2 Å². The van der Waals surface area contributed by atoms with Crippen LogP contribution in [0.3, 0.4) is 0 Å². The Hall–Kier alpha value is -2.52. The number of nitrogens with one attached hydrogen (secondary N) is 1. The number of amides is 2. The molecule has 1 heterocycles. The second-order valence-corrected chi connectivity index (χ2v) is 7.58. The molecule has 1 fully saturated rings. The van der Waals surface area contributed by atoms with E-state index in [2.05, 4.69) is 10.2 Å². The third kappa shape index (κ3) is 6.48. The maximum Gasteiger partial charge on any atom is 0.330 e. The minimum Gasteiger partial charge on any atom is -0.370 e. The van der Waals surface area contributed by atoms with Crippen LogP contribution in [0.2, 0.25) is 5.02 Å². The van der Waals surface area contributed by atoms with E-state index < -0.39 is 19.0 Å². The number of halogens is 5. The van der Waals surface area contributed by atoms with Crippen molar-refractivity contribution in [2.24, 2.45) is 0 Å². The van der Waals surface area contributed by atoms with Crippen molar-refractivity contribution in [3.8, 4) is 0 Å². The number of benzene rings is 2. The maximum absolute atomic E-state index is 12.9. The fraction of sp³-hybridized carbons (Fsp3) is 0.381. The zero-order chi connectivity index (χ0) is 22.4. The summed E-state index contributed by atoms with van der Waals surface area (Å²) in [6.45, 7) is 0.691. The number of anilines is 2. The SMILES string of the molecule is O=C(Nc1cccc(COCC(F)(F)C(F)F)c1)N1CCN(c2cccc(Cl)c2)CC1. The number of hydrogen-bond donors (Lipinski definition) is 1. The topological polar surface area (TPSA) is 44.8 Å². The minimum atomic E-state index is -4.20. The van der Waals surface area contributed by atoms with Gasteiger partial charge in [-0.1, -0.05) is 29.8 Å². The first kappa shape index (κ1) is 23.1. The summed E-state index contributed by atoms with van der Waals surface area (Å²) in [5, 5.41) is 3.42. The number of alkyl halides is 4. The molecular weight excluding hydrogens is 438 g/mol. The molecule has 2 amide bonds. The molecule has 2 aromatic rings. The molecule has 0 atom stereocenters. The molecule has 1 aliphatic rings. The van der Waals surface area contributed by atoms with Crippen LogP contribution in [0.1, 0.15) is 5.56 Å². The predicted molar refractivity (Wildman–Crippen MR) is 111 cm³/mol. The Balaban J connectivity index is 1.49. The lowest BCUT2D eigenvalue weighted by molar-refractivity contribution is -0.168. The van der Waals surface area contributed by atoms with Crippen molar-refractivity contribution in [2.75, 3.05) is 43.0 Å². The summed E-state index contributed by atoms with van der Waals surface area (Å²) in [6, 6.07) is 13.7. The molecule has 0 spiro atoms. The van der Waals surface area contributed by atoms with Crippen molar-refractivity contribution in [1.82, 2.24) is 4.90 Å². The van der Waals surface area contributed by atoms with Crippen LogP contribution in [0.4, 0.5) is 33.7 Å². The predicted octanol–water partition coefficient (Wildman–Crippen LogP) is 5.11. The Kier molecular flexibility index (Phi) is 7.61. The first-order valence-electron chi connectivity index (χ1n) is 9.64. The molecule has 0 saturated carbocycles. The van der Waals surface area contributed by atoms with Gasteiger partial charge >= 0.3 is 18.4 Å². The third-order valence-electron chi connectivity index (χ3n) is 4.80. The van der Waals surface area contributed by atoms with Crippen molar-refractivity contribution < 1.29 is 27.1 Å². The molecule has 0 bridgehead atoms. The van der Waals surface area contributed by atoms with E-state index in [-0.39, 0.29) is 12.6 Å². The van der Waals surface area contributed by atoms with Crippen LogP contribution < -0.4 is 10.2 Å². The Morgan fingerprint density at radius 2 is 1.81 bits per heavy atom. The number of urea groups is 1. The summed E-state index contributed by atoms with van der Waals surface area (Å²) in [5.74, 6) is -4.20. The minimum absolute atomic E-state index is 0.273. The molecule has 3 rings (SSSR count). The molecule has 1 aliphatic heterocycles. The molecule has 0 aliphatic carbocycles. The molecule has 0 aromatic heterocycles. The van der Waals surface area contributed by atoms with Gasteiger partial charge in [-0.15, -0.1) is 0 Å². The first-order valence-corrected chi connectivity index (χ1v) is 10.0. The molecule has 31 heavy (non-hydrogen) atoms. The average molecular weight is 460 g/mol. The zero-order valence-corrected chi connectivity index (χ0v) is 17.3. The Morgan fingerprint density at radius 1 is 1.10 bits per heavy atom. The van der Waals surface area contributed by atoms with Gasteiger partial charge in [0.2, 0.25) is 0 Å². The molecule has 0 radical (unpaired) electrons. The molecular formula is C21H22ClF4N3O2. The van der Waals surface area contributed by atoms with Gasteiger partial charge in [-0.25, -0.2) is 13.6 Å². The summed E-state index contributed by atoms with van der Waals surface area (Å²) >= 11 is 6.03. The van der Waals surface area contributed by atoms with Crippen molar-refractivity contribution in [1.29, 1.82) is 0 Å². The van der Waals surface area contributed by atoms with Crippen LogP contribution in [-0.2, 0) is 11.3 Å². The van der Waals surface area contributed by atoms with E-state index in [0.29, 0.717) is 42.5 Å². The quantitative estimate of drug-likeness (QED) is 0.585. The Bertz CT molecular complexity index is 892. The van der Waals surface area contributed by atoms with Crippen molar-refractivity contribution in [2.45, 2.75) is 19.0 Å². The molecule has 0 unspecified atom stereocenters. The van der Waals surface area contributed by atoms with Crippen LogP contribution in [0.15, 0.2) is 48.5 Å². The van der Waals surface area contributed by atoms with Gasteiger partial charge in [0.15, 0.2) is 0 Å². The fourth-order valence-corrected chi connectivity index (χ4v) is 3.33. The number of carbonyl (C=O) groups excluding carboxylic acids is 1. The highest BCUT2D eigenvalue weighted by molar-refractivity contribution is 6.30. The van der Waals surface area contributed by atoms with E-state index in [1.807, 2.05) is 18.2 Å². The van der Waals surface area contributed by atoms with Crippen molar-refractivity contribution >= 4 is 29.0 Å². The lowest BCUT2D eigenvalue weighted by atomic mass is 10.2. The van der Waals surface area contributed by atoms with Crippen LogP contribution in [0.25, 0.3) is 0 Å². The molecule has 168 valence electrons. The van der Waals surface area contributed by atoms with Crippen LogP contribution >= 0.6 is 11.6 Å². The maximum atomic E-state index is 12.9. The molecule has 1 N–H and O–H groups in total. The fourth-order valence-electron chi connectivity index (χ4n) is 3.15. The molecule has 5 nitrogen and oxygen atoms in total. The summed E-state index contributed by atoms with van der Waals surface area (Å²) in [6.07, 6.45) is -3.78. The molecule has 2 aromatic carbocycles. The van der Waals surface area contributed by atoms with Gasteiger partial charge in [-0.2, -0.15) is 8.78 Å². The number of ether oxygens (including phenoxy) is 1. The van der Waals surface area contributed by atoms with E-state index in [4.69, 9.17) is 16.3 Å². The van der Waals surface area contributed by atoms with Crippen molar-refractivity contribution in [3.05, 3.63) is 59.1 Å². The molecule has 1 saturated heterocycles. The molecule has 10 heteroatoms. The lowest BCUT2D eigenvalue weighted by Crippen LogP contribution is -2.50. The second kappa shape index (κ2) is 10.2. The van der Waals surface area contributed by atoms with E-state index in [9.17, 15) is 22.4 Å². The summed E-state index contributed by atoms with van der Waals surface area (Å²) in [7, 11) is 0. The van der Waals surface area contributed by atoms with Crippen LogP contribution in [0, 0.1) is 0 Å². The number of carbonyl (C=O) groups is 1. The van der Waals surface area contributed by atoms with Crippen LogP contribution in [0.5, 0.6) is 0 Å². The highest BCUT2D eigenvalue weighted by atomic mass is 35.5. The second-order valence-electron chi connectivity index (χ2n) is 7.14. The van der Waals surface area contributed by atoms with Gasteiger partial charge in [0, 0.05) is 42.6 Å². The first-order chi connectivity index (χ1) is 14.7. The summed E-state index contributed by atoms with van der Waals surface area (Å²) in [5.41, 5.74) is 1.94. The highest BCUT2D eigenvalue weighted by Gasteiger charge is 2.40. The number of rotatable bonds is 7. The van der Waals surface area contributed by atoms with Gasteiger partial charge in [0.1, 0.15) is 6.61 Å². The van der Waals surface area contributed by atoms with Gasteiger partial charge < -0.3 is 19.9 Å². The van der Waals surface area contributed by atoms with Gasteiger partial charge in [0.05, 0.1) is 6.61 Å². The Morgan fingerprint density at radius 3 is 2.48 bits per heavy atom. The number of piperazine rings is 1. The summed E-state index contributed by atoms with van der Waals surface area (Å²) < 4.78 is 54.9. The monoisotopic (exact) mass is 459 g/mol. The highest BCUT2D eigenvalue weighted by Crippen LogP contribution is 2.24. The van der Waals surface area contributed by atoms with E-state index in [1.165, 1.54) is 0 Å². The van der Waals surface area contributed by atoms with Gasteiger partial charge in [0.25, 0.3) is 0 Å². The normalized spacial score (nSPS) is 14.8. The average Bonchev–Trinajstić information content (AvgIpc) is 2.74. The van der Waals surface area contributed by atoms with Gasteiger partial charge in [-0.05, 0) is 35.9 Å². The van der Waals surface area contributed by atoms with Crippen molar-refractivity contribution in [3.63, 3.8) is 0 Å². The number of nitrogens with zero attached hydrogens (tertiary/aromatic N) is 2. The zero-order valence-electron chi connectivity index (χ0n) is 16.5. The van der Waals surface area contributed by atoms with Gasteiger partial charge in [-0.3, -0.25) is 0 Å².